The number of ether oxygens (including phenoxy) is 1. The van der Waals surface area contributed by atoms with Gasteiger partial charge in [0.2, 0.25) is 11.8 Å². The van der Waals surface area contributed by atoms with Gasteiger partial charge in [0, 0.05) is 12.2 Å². The van der Waals surface area contributed by atoms with E-state index in [0.29, 0.717) is 31.5 Å². The summed E-state index contributed by atoms with van der Waals surface area (Å²) in [6, 6.07) is 4.58. The van der Waals surface area contributed by atoms with Gasteiger partial charge in [0.15, 0.2) is 0 Å². The van der Waals surface area contributed by atoms with Gasteiger partial charge in [-0.15, -0.1) is 0 Å². The molecule has 2 rings (SSSR count). The molecule has 0 saturated carbocycles. The van der Waals surface area contributed by atoms with E-state index in [4.69, 9.17) is 5.73 Å². The van der Waals surface area contributed by atoms with Crippen LogP contribution in [0.15, 0.2) is 24.3 Å². The number of hydrogen-bond donors (Lipinski definition) is 2. The van der Waals surface area contributed by atoms with E-state index >= 15 is 0 Å². The Labute approximate surface area is 151 Å². The van der Waals surface area contributed by atoms with Gasteiger partial charge in [-0.05, 0) is 49.4 Å². The molecule has 0 aliphatic carbocycles. The molecule has 1 aromatic rings. The van der Waals surface area contributed by atoms with Crippen molar-refractivity contribution in [2.24, 2.45) is 11.7 Å². The van der Waals surface area contributed by atoms with Crippen LogP contribution < -0.4 is 20.7 Å². The molecule has 2 atom stereocenters. The van der Waals surface area contributed by atoms with Crippen molar-refractivity contribution >= 4 is 17.5 Å². The van der Waals surface area contributed by atoms with E-state index in [1.807, 2.05) is 13.8 Å². The van der Waals surface area contributed by atoms with Crippen molar-refractivity contribution in [1.82, 2.24) is 5.32 Å². The first-order valence-corrected chi connectivity index (χ1v) is 8.70. The van der Waals surface area contributed by atoms with Gasteiger partial charge < -0.3 is 20.7 Å². The first kappa shape index (κ1) is 20.1. The summed E-state index contributed by atoms with van der Waals surface area (Å²) in [5.41, 5.74) is 6.44. The average Bonchev–Trinajstić information content (AvgIpc) is 2.56. The van der Waals surface area contributed by atoms with Gasteiger partial charge in [-0.25, -0.2) is 0 Å². The zero-order valence-electron chi connectivity index (χ0n) is 15.0. The summed E-state index contributed by atoms with van der Waals surface area (Å²) in [6.45, 7) is 1.55. The van der Waals surface area contributed by atoms with Crippen molar-refractivity contribution in [1.29, 1.82) is 0 Å². The summed E-state index contributed by atoms with van der Waals surface area (Å²) in [6.07, 6.45) is 1.80. The van der Waals surface area contributed by atoms with Gasteiger partial charge in [-0.3, -0.25) is 9.59 Å². The van der Waals surface area contributed by atoms with E-state index in [1.165, 1.54) is 17.0 Å². The van der Waals surface area contributed by atoms with Crippen LogP contribution >= 0.6 is 0 Å². The SMILES string of the molecule is CC(C)C[C@H](N)C(=O)NC1CCCN(c2ccc(OC(F)F)cc2)C1=O. The van der Waals surface area contributed by atoms with Crippen LogP contribution in [0.1, 0.15) is 33.1 Å². The van der Waals surface area contributed by atoms with Gasteiger partial charge in [-0.1, -0.05) is 13.8 Å². The van der Waals surface area contributed by atoms with Gasteiger partial charge in [0.25, 0.3) is 0 Å². The van der Waals surface area contributed by atoms with E-state index in [9.17, 15) is 18.4 Å². The fraction of sp³-hybridized carbons (Fsp3) is 0.556. The lowest BCUT2D eigenvalue weighted by molar-refractivity contribution is -0.129. The van der Waals surface area contributed by atoms with E-state index in [2.05, 4.69) is 10.1 Å². The molecule has 1 heterocycles. The molecule has 1 saturated heterocycles. The largest absolute Gasteiger partial charge is 0.435 e. The number of carbonyl (C=O) groups excluding carboxylic acids is 2. The normalized spacial score (nSPS) is 19.0. The summed E-state index contributed by atoms with van der Waals surface area (Å²) in [5, 5.41) is 2.73. The van der Waals surface area contributed by atoms with Crippen LogP contribution in [0.2, 0.25) is 0 Å². The Balaban J connectivity index is 2.01. The Morgan fingerprint density at radius 2 is 2.00 bits per heavy atom. The summed E-state index contributed by atoms with van der Waals surface area (Å²) >= 11 is 0. The third-order valence-corrected chi connectivity index (χ3v) is 4.19. The minimum atomic E-state index is -2.90. The molecule has 1 aliphatic rings. The molecule has 1 fully saturated rings. The fourth-order valence-corrected chi connectivity index (χ4v) is 2.97. The second-order valence-corrected chi connectivity index (χ2v) is 6.80. The number of anilines is 1. The molecular weight excluding hydrogens is 344 g/mol. The number of hydrogen-bond acceptors (Lipinski definition) is 4. The maximum Gasteiger partial charge on any atom is 0.387 e. The maximum absolute atomic E-state index is 12.7. The standard InChI is InChI=1S/C18H25F2N3O3/c1-11(2)10-14(21)16(24)22-15-4-3-9-23(17(15)25)12-5-7-13(8-6-12)26-18(19)20/h5-8,11,14-15,18H,3-4,9-10,21H2,1-2H3,(H,22,24)/t14-,15?/m0/s1. The average molecular weight is 369 g/mol. The summed E-state index contributed by atoms with van der Waals surface area (Å²) in [7, 11) is 0. The second-order valence-electron chi connectivity index (χ2n) is 6.80. The molecule has 1 aliphatic heterocycles. The maximum atomic E-state index is 12.7. The third kappa shape index (κ3) is 5.39. The van der Waals surface area contributed by atoms with E-state index in [1.54, 1.807) is 12.1 Å². The van der Waals surface area contributed by atoms with Crippen molar-refractivity contribution in [3.05, 3.63) is 24.3 Å². The van der Waals surface area contributed by atoms with Crippen molar-refractivity contribution < 1.29 is 23.1 Å². The molecule has 0 aromatic heterocycles. The number of piperidine rings is 1. The highest BCUT2D eigenvalue weighted by molar-refractivity contribution is 6.00. The van der Waals surface area contributed by atoms with Crippen LogP contribution in [0.3, 0.4) is 0 Å². The number of nitrogens with zero attached hydrogens (tertiary/aromatic N) is 1. The highest BCUT2D eigenvalue weighted by atomic mass is 19.3. The Morgan fingerprint density at radius 3 is 2.58 bits per heavy atom. The van der Waals surface area contributed by atoms with Gasteiger partial charge in [0.1, 0.15) is 11.8 Å². The second kappa shape index (κ2) is 8.93. The van der Waals surface area contributed by atoms with Crippen molar-refractivity contribution in [2.75, 3.05) is 11.4 Å². The van der Waals surface area contributed by atoms with Crippen LogP contribution in [-0.2, 0) is 9.59 Å². The molecule has 144 valence electrons. The van der Waals surface area contributed by atoms with Crippen molar-refractivity contribution in [2.45, 2.75) is 51.8 Å². The Bertz CT molecular complexity index is 623. The van der Waals surface area contributed by atoms with Crippen LogP contribution in [0, 0.1) is 5.92 Å². The zero-order chi connectivity index (χ0) is 19.3. The number of benzene rings is 1. The van der Waals surface area contributed by atoms with Crippen LogP contribution in [0.25, 0.3) is 0 Å². The molecule has 0 radical (unpaired) electrons. The van der Waals surface area contributed by atoms with Gasteiger partial charge >= 0.3 is 6.61 Å². The molecular formula is C18H25F2N3O3. The Morgan fingerprint density at radius 1 is 1.35 bits per heavy atom. The first-order chi connectivity index (χ1) is 12.3. The molecule has 8 heteroatoms. The number of carbonyl (C=O) groups is 2. The van der Waals surface area contributed by atoms with Crippen molar-refractivity contribution in [3.8, 4) is 5.75 Å². The number of nitrogens with one attached hydrogen (secondary N) is 1. The lowest BCUT2D eigenvalue weighted by Gasteiger charge is -2.33. The highest BCUT2D eigenvalue weighted by Crippen LogP contribution is 2.24. The lowest BCUT2D eigenvalue weighted by atomic mass is 10.0. The van der Waals surface area contributed by atoms with Crippen molar-refractivity contribution in [3.63, 3.8) is 0 Å². The topological polar surface area (TPSA) is 84.7 Å². The van der Waals surface area contributed by atoms with E-state index in [-0.39, 0.29) is 23.5 Å². The molecule has 1 aromatic carbocycles. The van der Waals surface area contributed by atoms with Gasteiger partial charge in [-0.2, -0.15) is 8.78 Å². The predicted molar refractivity (Wildman–Crippen MR) is 94.0 cm³/mol. The number of rotatable bonds is 7. The molecule has 3 N–H and O–H groups in total. The van der Waals surface area contributed by atoms with Crippen LogP contribution in [0.5, 0.6) is 5.75 Å². The number of halogens is 2. The zero-order valence-corrected chi connectivity index (χ0v) is 15.0. The Hall–Kier alpha value is -2.22. The molecule has 0 bridgehead atoms. The quantitative estimate of drug-likeness (QED) is 0.772. The lowest BCUT2D eigenvalue weighted by Crippen LogP contribution is -2.55. The molecule has 0 spiro atoms. The predicted octanol–water partition coefficient (Wildman–Crippen LogP) is 2.27. The minimum absolute atomic E-state index is 0.0257. The number of nitrogens with two attached hydrogens (primary N) is 1. The summed E-state index contributed by atoms with van der Waals surface area (Å²) < 4.78 is 28.7. The number of alkyl halides is 2. The van der Waals surface area contributed by atoms with Crippen LogP contribution in [-0.4, -0.2) is 37.1 Å². The van der Waals surface area contributed by atoms with E-state index < -0.39 is 18.7 Å². The highest BCUT2D eigenvalue weighted by Gasteiger charge is 2.32. The molecule has 1 unspecified atom stereocenters. The smallest absolute Gasteiger partial charge is 0.387 e. The third-order valence-electron chi connectivity index (χ3n) is 4.19. The molecule has 6 nitrogen and oxygen atoms in total. The number of amides is 2. The minimum Gasteiger partial charge on any atom is -0.435 e. The summed E-state index contributed by atoms with van der Waals surface area (Å²) in [4.78, 5) is 26.4. The first-order valence-electron chi connectivity index (χ1n) is 8.70. The molecule has 2 amide bonds. The van der Waals surface area contributed by atoms with Gasteiger partial charge in [0.05, 0.1) is 6.04 Å². The fourth-order valence-electron chi connectivity index (χ4n) is 2.97. The van der Waals surface area contributed by atoms with Crippen LogP contribution in [0.4, 0.5) is 14.5 Å². The van der Waals surface area contributed by atoms with E-state index in [0.717, 1.165) is 0 Å². The summed E-state index contributed by atoms with van der Waals surface area (Å²) in [5.74, 6) is -0.260. The monoisotopic (exact) mass is 369 g/mol. The molecule has 26 heavy (non-hydrogen) atoms. The Kier molecular flexibility index (Phi) is 6.90.